The predicted molar refractivity (Wildman–Crippen MR) is 57.5 cm³/mol. The van der Waals surface area contributed by atoms with Crippen LogP contribution in [0.15, 0.2) is 24.5 Å². The lowest BCUT2D eigenvalue weighted by Crippen LogP contribution is -2.19. The first kappa shape index (κ1) is 9.79. The first-order valence-electron chi connectivity index (χ1n) is 4.75. The summed E-state index contributed by atoms with van der Waals surface area (Å²) in [5, 5.41) is 11.9. The Labute approximate surface area is 87.2 Å². The Hall–Kier alpha value is -1.75. The van der Waals surface area contributed by atoms with E-state index in [1.165, 1.54) is 0 Å². The number of aliphatic hydroxyl groups excluding tert-OH is 1. The van der Waals surface area contributed by atoms with Gasteiger partial charge in [-0.1, -0.05) is 0 Å². The highest BCUT2D eigenvalue weighted by Gasteiger charge is 2.02. The van der Waals surface area contributed by atoms with Gasteiger partial charge in [0.2, 0.25) is 0 Å². The molecule has 0 bridgehead atoms. The Balaban J connectivity index is 2.30. The summed E-state index contributed by atoms with van der Waals surface area (Å²) < 4.78 is 0. The van der Waals surface area contributed by atoms with Crippen molar-refractivity contribution in [3.8, 4) is 0 Å². The van der Waals surface area contributed by atoms with Gasteiger partial charge in [-0.15, -0.1) is 0 Å². The van der Waals surface area contributed by atoms with Crippen LogP contribution >= 0.6 is 0 Å². The number of fused-ring (bicyclic) bond motifs is 1. The summed E-state index contributed by atoms with van der Waals surface area (Å²) in [5.74, 6) is 0.699. The van der Waals surface area contributed by atoms with Crippen molar-refractivity contribution in [1.82, 2.24) is 15.0 Å². The molecule has 5 nitrogen and oxygen atoms in total. The first-order valence-corrected chi connectivity index (χ1v) is 4.75. The van der Waals surface area contributed by atoms with Crippen molar-refractivity contribution < 1.29 is 5.11 Å². The summed E-state index contributed by atoms with van der Waals surface area (Å²) in [6.45, 7) is 1.95. The number of aliphatic hydroxyl groups is 1. The Kier molecular flexibility index (Phi) is 2.73. The van der Waals surface area contributed by atoms with Gasteiger partial charge in [0.1, 0.15) is 11.3 Å². The van der Waals surface area contributed by atoms with Crippen molar-refractivity contribution in [1.29, 1.82) is 0 Å². The second-order valence-corrected chi connectivity index (χ2v) is 3.32. The van der Waals surface area contributed by atoms with Gasteiger partial charge in [-0.3, -0.25) is 4.98 Å². The topological polar surface area (TPSA) is 70.9 Å². The van der Waals surface area contributed by atoms with Gasteiger partial charge < -0.3 is 10.4 Å². The SMILES string of the molecule is CC(CO)Nc1ccc2nccnc2n1. The molecule has 5 heteroatoms. The zero-order valence-corrected chi connectivity index (χ0v) is 8.38. The maximum absolute atomic E-state index is 8.89. The second-order valence-electron chi connectivity index (χ2n) is 3.32. The molecule has 1 atom stereocenters. The van der Waals surface area contributed by atoms with Gasteiger partial charge in [-0.25, -0.2) is 9.97 Å². The molecule has 2 aromatic heterocycles. The highest BCUT2D eigenvalue weighted by Crippen LogP contribution is 2.10. The minimum absolute atomic E-state index is 0.0216. The van der Waals surface area contributed by atoms with E-state index < -0.39 is 0 Å². The van der Waals surface area contributed by atoms with Gasteiger partial charge in [0.15, 0.2) is 5.65 Å². The van der Waals surface area contributed by atoms with Crippen LogP contribution in [0.2, 0.25) is 0 Å². The largest absolute Gasteiger partial charge is 0.394 e. The van der Waals surface area contributed by atoms with E-state index in [-0.39, 0.29) is 12.6 Å². The summed E-state index contributed by atoms with van der Waals surface area (Å²) in [5.41, 5.74) is 1.37. The van der Waals surface area contributed by atoms with E-state index in [4.69, 9.17) is 5.11 Å². The number of rotatable bonds is 3. The first-order chi connectivity index (χ1) is 7.29. The molecule has 0 spiro atoms. The maximum atomic E-state index is 8.89. The van der Waals surface area contributed by atoms with Gasteiger partial charge >= 0.3 is 0 Å². The van der Waals surface area contributed by atoms with Crippen molar-refractivity contribution in [2.75, 3.05) is 11.9 Å². The quantitative estimate of drug-likeness (QED) is 0.774. The average molecular weight is 204 g/mol. The number of nitrogens with zero attached hydrogens (tertiary/aromatic N) is 3. The Bertz CT molecular complexity index is 460. The van der Waals surface area contributed by atoms with Crippen LogP contribution in [0.1, 0.15) is 6.92 Å². The molecule has 0 saturated heterocycles. The van der Waals surface area contributed by atoms with Crippen LogP contribution in [0.25, 0.3) is 11.2 Å². The lowest BCUT2D eigenvalue weighted by atomic mass is 10.3. The molecule has 0 saturated carbocycles. The molecule has 1 unspecified atom stereocenters. The fourth-order valence-electron chi connectivity index (χ4n) is 1.23. The third kappa shape index (κ3) is 2.19. The molecule has 2 N–H and O–H groups in total. The van der Waals surface area contributed by atoms with E-state index in [9.17, 15) is 0 Å². The molecule has 0 aromatic carbocycles. The minimum Gasteiger partial charge on any atom is -0.394 e. The number of hydrogen-bond acceptors (Lipinski definition) is 5. The lowest BCUT2D eigenvalue weighted by molar-refractivity contribution is 0.281. The predicted octanol–water partition coefficient (Wildman–Crippen LogP) is 0.817. The standard InChI is InChI=1S/C10H12N4O/c1-7(6-15)13-9-3-2-8-10(14-9)12-5-4-11-8/h2-5,7,15H,6H2,1H3,(H,12,13,14). The number of nitrogens with one attached hydrogen (secondary N) is 1. The Morgan fingerprint density at radius 3 is 2.93 bits per heavy atom. The number of anilines is 1. The molecule has 0 aliphatic heterocycles. The molecule has 2 aromatic rings. The van der Waals surface area contributed by atoms with E-state index >= 15 is 0 Å². The molecule has 0 radical (unpaired) electrons. The third-order valence-corrected chi connectivity index (χ3v) is 2.00. The molecule has 0 fully saturated rings. The molecule has 0 aliphatic carbocycles. The molecule has 2 heterocycles. The van der Waals surface area contributed by atoms with Crippen molar-refractivity contribution in [3.05, 3.63) is 24.5 Å². The molecule has 2 rings (SSSR count). The summed E-state index contributed by atoms with van der Waals surface area (Å²) in [6.07, 6.45) is 3.24. The number of hydrogen-bond donors (Lipinski definition) is 2. The summed E-state index contributed by atoms with van der Waals surface area (Å²) in [7, 11) is 0. The molecule has 0 amide bonds. The van der Waals surface area contributed by atoms with Crippen LogP contribution in [-0.4, -0.2) is 32.7 Å². The van der Waals surface area contributed by atoms with Gasteiger partial charge in [0.25, 0.3) is 0 Å². The van der Waals surface area contributed by atoms with Crippen LogP contribution in [0.4, 0.5) is 5.82 Å². The lowest BCUT2D eigenvalue weighted by Gasteiger charge is -2.10. The highest BCUT2D eigenvalue weighted by molar-refractivity contribution is 5.71. The van der Waals surface area contributed by atoms with E-state index in [1.807, 2.05) is 19.1 Å². The monoisotopic (exact) mass is 204 g/mol. The smallest absolute Gasteiger partial charge is 0.180 e. The average Bonchev–Trinajstić information content (AvgIpc) is 2.29. The van der Waals surface area contributed by atoms with E-state index in [1.54, 1.807) is 12.4 Å². The van der Waals surface area contributed by atoms with Crippen LogP contribution in [0, 0.1) is 0 Å². The fraction of sp³-hybridized carbons (Fsp3) is 0.300. The van der Waals surface area contributed by atoms with Crippen LogP contribution in [-0.2, 0) is 0 Å². The van der Waals surface area contributed by atoms with Crippen molar-refractivity contribution in [3.63, 3.8) is 0 Å². The molecular weight excluding hydrogens is 192 g/mol. The van der Waals surface area contributed by atoms with Gasteiger partial charge in [-0.05, 0) is 19.1 Å². The van der Waals surface area contributed by atoms with Gasteiger partial charge in [-0.2, -0.15) is 0 Å². The van der Waals surface area contributed by atoms with Crippen LogP contribution in [0.5, 0.6) is 0 Å². The molecular formula is C10H12N4O. The fourth-order valence-corrected chi connectivity index (χ4v) is 1.23. The molecule has 78 valence electrons. The Morgan fingerprint density at radius 2 is 2.13 bits per heavy atom. The van der Waals surface area contributed by atoms with Gasteiger partial charge in [0.05, 0.1) is 6.61 Å². The van der Waals surface area contributed by atoms with E-state index in [0.717, 1.165) is 5.52 Å². The summed E-state index contributed by atoms with van der Waals surface area (Å²) in [4.78, 5) is 12.5. The second kappa shape index (κ2) is 4.18. The van der Waals surface area contributed by atoms with Crippen LogP contribution < -0.4 is 5.32 Å². The number of pyridine rings is 1. The molecule has 0 aliphatic rings. The van der Waals surface area contributed by atoms with Crippen molar-refractivity contribution >= 4 is 17.0 Å². The number of aromatic nitrogens is 3. The van der Waals surface area contributed by atoms with E-state index in [0.29, 0.717) is 11.5 Å². The van der Waals surface area contributed by atoms with E-state index in [2.05, 4.69) is 20.3 Å². The van der Waals surface area contributed by atoms with Crippen molar-refractivity contribution in [2.24, 2.45) is 0 Å². The summed E-state index contributed by atoms with van der Waals surface area (Å²) >= 11 is 0. The zero-order chi connectivity index (χ0) is 10.7. The third-order valence-electron chi connectivity index (χ3n) is 2.00. The van der Waals surface area contributed by atoms with Gasteiger partial charge in [0, 0.05) is 18.4 Å². The Morgan fingerprint density at radius 1 is 1.33 bits per heavy atom. The van der Waals surface area contributed by atoms with Crippen molar-refractivity contribution in [2.45, 2.75) is 13.0 Å². The highest BCUT2D eigenvalue weighted by atomic mass is 16.3. The zero-order valence-electron chi connectivity index (χ0n) is 8.38. The summed E-state index contributed by atoms with van der Waals surface area (Å²) in [6, 6.07) is 3.65. The minimum atomic E-state index is -0.0216. The van der Waals surface area contributed by atoms with Crippen LogP contribution in [0.3, 0.4) is 0 Å². The normalized spacial score (nSPS) is 12.7. The molecule has 15 heavy (non-hydrogen) atoms. The maximum Gasteiger partial charge on any atom is 0.180 e.